The lowest BCUT2D eigenvalue weighted by Gasteiger charge is -2.29. The molecule has 0 heterocycles. The van der Waals surface area contributed by atoms with Crippen LogP contribution in [0.25, 0.3) is 0 Å². The molecule has 17 heavy (non-hydrogen) atoms. The van der Waals surface area contributed by atoms with Crippen LogP contribution < -0.4 is 0 Å². The molecule has 1 unspecified atom stereocenters. The zero-order valence-electron chi connectivity index (χ0n) is 11.0. The SMILES string of the molecule is C=C(C)C(=O)OC(C)(CC)c1ccc(C)cc1. The second-order valence-corrected chi connectivity index (χ2v) is 4.62. The van der Waals surface area contributed by atoms with Crippen LogP contribution in [0.4, 0.5) is 0 Å². The van der Waals surface area contributed by atoms with E-state index in [1.165, 1.54) is 5.56 Å². The molecule has 1 atom stereocenters. The molecule has 92 valence electrons. The monoisotopic (exact) mass is 232 g/mol. The van der Waals surface area contributed by atoms with Gasteiger partial charge in [0.1, 0.15) is 5.60 Å². The molecule has 0 radical (unpaired) electrons. The van der Waals surface area contributed by atoms with Crippen molar-refractivity contribution in [3.63, 3.8) is 0 Å². The van der Waals surface area contributed by atoms with Crippen molar-refractivity contribution in [2.75, 3.05) is 0 Å². The quantitative estimate of drug-likeness (QED) is 0.584. The van der Waals surface area contributed by atoms with Crippen LogP contribution in [-0.4, -0.2) is 5.97 Å². The molecule has 1 aromatic carbocycles. The summed E-state index contributed by atoms with van der Waals surface area (Å²) in [7, 11) is 0. The van der Waals surface area contributed by atoms with E-state index in [-0.39, 0.29) is 5.97 Å². The van der Waals surface area contributed by atoms with Gasteiger partial charge in [-0.05, 0) is 32.8 Å². The zero-order valence-corrected chi connectivity index (χ0v) is 11.0. The summed E-state index contributed by atoms with van der Waals surface area (Å²) in [6.07, 6.45) is 0.731. The van der Waals surface area contributed by atoms with Crippen molar-refractivity contribution in [2.45, 2.75) is 39.7 Å². The van der Waals surface area contributed by atoms with Gasteiger partial charge in [0, 0.05) is 5.57 Å². The molecule has 1 rings (SSSR count). The highest BCUT2D eigenvalue weighted by Gasteiger charge is 2.29. The van der Waals surface area contributed by atoms with Crippen molar-refractivity contribution in [1.29, 1.82) is 0 Å². The summed E-state index contributed by atoms with van der Waals surface area (Å²) in [6.45, 7) is 11.2. The maximum atomic E-state index is 11.6. The fourth-order valence-electron chi connectivity index (χ4n) is 1.53. The Morgan fingerprint density at radius 3 is 2.29 bits per heavy atom. The first-order valence-corrected chi connectivity index (χ1v) is 5.85. The van der Waals surface area contributed by atoms with E-state index in [1.807, 2.05) is 45.0 Å². The van der Waals surface area contributed by atoms with Crippen LogP contribution in [-0.2, 0) is 15.1 Å². The van der Waals surface area contributed by atoms with E-state index in [0.717, 1.165) is 12.0 Å². The third-order valence-corrected chi connectivity index (χ3v) is 3.00. The van der Waals surface area contributed by atoms with E-state index in [2.05, 4.69) is 6.58 Å². The van der Waals surface area contributed by atoms with Gasteiger partial charge in [-0.2, -0.15) is 0 Å². The van der Waals surface area contributed by atoms with Crippen molar-refractivity contribution < 1.29 is 9.53 Å². The molecule has 0 aliphatic carbocycles. The predicted octanol–water partition coefficient (Wildman–Crippen LogP) is 3.74. The molecule has 0 spiro atoms. The Balaban J connectivity index is 2.99. The van der Waals surface area contributed by atoms with Crippen molar-refractivity contribution in [2.24, 2.45) is 0 Å². The molecular weight excluding hydrogens is 212 g/mol. The van der Waals surface area contributed by atoms with Crippen LogP contribution in [0.3, 0.4) is 0 Å². The van der Waals surface area contributed by atoms with Gasteiger partial charge in [0.05, 0.1) is 0 Å². The summed E-state index contributed by atoms with van der Waals surface area (Å²) >= 11 is 0. The number of ether oxygens (including phenoxy) is 1. The molecule has 2 heteroatoms. The standard InChI is InChI=1S/C15H20O2/c1-6-15(5,17-14(16)11(2)3)13-9-7-12(4)8-10-13/h7-10H,2,6H2,1,3-5H3. The van der Waals surface area contributed by atoms with Crippen molar-refractivity contribution in [3.05, 3.63) is 47.5 Å². The molecule has 0 bridgehead atoms. The van der Waals surface area contributed by atoms with Crippen LogP contribution in [0, 0.1) is 6.92 Å². The topological polar surface area (TPSA) is 26.3 Å². The molecule has 0 fully saturated rings. The first kappa shape index (κ1) is 13.5. The molecular formula is C15H20O2. The highest BCUT2D eigenvalue weighted by Crippen LogP contribution is 2.30. The second kappa shape index (κ2) is 5.17. The van der Waals surface area contributed by atoms with Crippen LogP contribution in [0.2, 0.25) is 0 Å². The number of carbonyl (C=O) groups is 1. The largest absolute Gasteiger partial charge is 0.451 e. The molecule has 1 aromatic rings. The second-order valence-electron chi connectivity index (χ2n) is 4.62. The van der Waals surface area contributed by atoms with Crippen LogP contribution >= 0.6 is 0 Å². The van der Waals surface area contributed by atoms with Gasteiger partial charge in [-0.3, -0.25) is 0 Å². The first-order chi connectivity index (χ1) is 7.89. The highest BCUT2D eigenvalue weighted by atomic mass is 16.6. The lowest BCUT2D eigenvalue weighted by Crippen LogP contribution is -2.28. The fraction of sp³-hybridized carbons (Fsp3) is 0.400. The minimum absolute atomic E-state index is 0.338. The molecule has 0 saturated heterocycles. The van der Waals surface area contributed by atoms with Crippen molar-refractivity contribution >= 4 is 5.97 Å². The maximum Gasteiger partial charge on any atom is 0.333 e. The first-order valence-electron chi connectivity index (χ1n) is 5.85. The highest BCUT2D eigenvalue weighted by molar-refractivity contribution is 5.87. The number of rotatable bonds is 4. The molecule has 0 amide bonds. The number of benzene rings is 1. The summed E-state index contributed by atoms with van der Waals surface area (Å²) in [4.78, 5) is 11.6. The van der Waals surface area contributed by atoms with E-state index in [0.29, 0.717) is 5.57 Å². The third kappa shape index (κ3) is 3.19. The lowest BCUT2D eigenvalue weighted by atomic mass is 9.92. The Hall–Kier alpha value is -1.57. The summed E-state index contributed by atoms with van der Waals surface area (Å²) < 4.78 is 5.54. The molecule has 0 aliphatic heterocycles. The van der Waals surface area contributed by atoms with Crippen molar-refractivity contribution in [3.8, 4) is 0 Å². The Bertz CT molecular complexity index is 417. The van der Waals surface area contributed by atoms with Gasteiger partial charge >= 0.3 is 5.97 Å². The summed E-state index contributed by atoms with van der Waals surface area (Å²) in [5, 5.41) is 0. The van der Waals surface area contributed by atoms with E-state index < -0.39 is 5.60 Å². The Kier molecular flexibility index (Phi) is 4.11. The van der Waals surface area contributed by atoms with E-state index >= 15 is 0 Å². The summed E-state index contributed by atoms with van der Waals surface area (Å²) in [5.41, 5.74) is 2.06. The molecule has 0 saturated carbocycles. The van der Waals surface area contributed by atoms with Gasteiger partial charge in [0.25, 0.3) is 0 Å². The Morgan fingerprint density at radius 1 is 1.35 bits per heavy atom. The number of aryl methyl sites for hydroxylation is 1. The number of esters is 1. The van der Waals surface area contributed by atoms with Crippen molar-refractivity contribution in [1.82, 2.24) is 0 Å². The maximum absolute atomic E-state index is 11.6. The predicted molar refractivity (Wildman–Crippen MR) is 69.7 cm³/mol. The van der Waals surface area contributed by atoms with Gasteiger partial charge < -0.3 is 4.74 Å². The van der Waals surface area contributed by atoms with E-state index in [1.54, 1.807) is 6.92 Å². The van der Waals surface area contributed by atoms with Gasteiger partial charge in [-0.15, -0.1) is 0 Å². The van der Waals surface area contributed by atoms with Crippen LogP contribution in [0.5, 0.6) is 0 Å². The zero-order chi connectivity index (χ0) is 13.1. The molecule has 0 N–H and O–H groups in total. The number of hydrogen-bond donors (Lipinski definition) is 0. The van der Waals surface area contributed by atoms with E-state index in [9.17, 15) is 4.79 Å². The normalized spacial score (nSPS) is 13.9. The van der Waals surface area contributed by atoms with Crippen LogP contribution in [0.1, 0.15) is 38.3 Å². The van der Waals surface area contributed by atoms with Gasteiger partial charge in [-0.1, -0.05) is 43.3 Å². The van der Waals surface area contributed by atoms with E-state index in [4.69, 9.17) is 4.74 Å². The van der Waals surface area contributed by atoms with Gasteiger partial charge in [-0.25, -0.2) is 4.79 Å². The Labute approximate surface area is 103 Å². The number of hydrogen-bond acceptors (Lipinski definition) is 2. The minimum Gasteiger partial charge on any atom is -0.451 e. The summed E-state index contributed by atoms with van der Waals surface area (Å²) in [6, 6.07) is 8.06. The summed E-state index contributed by atoms with van der Waals surface area (Å²) in [5.74, 6) is -0.338. The number of carbonyl (C=O) groups excluding carboxylic acids is 1. The van der Waals surface area contributed by atoms with Gasteiger partial charge in [0.2, 0.25) is 0 Å². The minimum atomic E-state index is -0.580. The van der Waals surface area contributed by atoms with Gasteiger partial charge in [0.15, 0.2) is 0 Å². The average Bonchev–Trinajstić information content (AvgIpc) is 2.29. The smallest absolute Gasteiger partial charge is 0.333 e. The average molecular weight is 232 g/mol. The molecule has 2 nitrogen and oxygen atoms in total. The molecule has 0 aromatic heterocycles. The molecule has 0 aliphatic rings. The Morgan fingerprint density at radius 2 is 1.88 bits per heavy atom. The fourth-order valence-corrected chi connectivity index (χ4v) is 1.53. The lowest BCUT2D eigenvalue weighted by molar-refractivity contribution is -0.154. The third-order valence-electron chi connectivity index (χ3n) is 3.00. The van der Waals surface area contributed by atoms with Crippen LogP contribution in [0.15, 0.2) is 36.4 Å².